The standard InChI is InChI=1S/C26H32N2O5/c1-26(2)16-18-5-3-6-23(25(18)33-26)30-14-4-11-28-12-9-19(10-13-28)32-20-7-8-22-21(15-20)27-24(29)17-31-22/h3,5-8,15,19H,4,9-14,16-17H2,1-2H3,(H,27,29). The first kappa shape index (κ1) is 21.9. The molecular formula is C26H32N2O5. The number of hydrogen-bond acceptors (Lipinski definition) is 6. The molecule has 1 saturated heterocycles. The lowest BCUT2D eigenvalue weighted by molar-refractivity contribution is -0.118. The Balaban J connectivity index is 1.04. The van der Waals surface area contributed by atoms with Gasteiger partial charge in [0.15, 0.2) is 18.1 Å². The van der Waals surface area contributed by atoms with E-state index in [9.17, 15) is 4.79 Å². The largest absolute Gasteiger partial charge is 0.490 e. The second kappa shape index (κ2) is 9.14. The molecule has 33 heavy (non-hydrogen) atoms. The molecule has 0 bridgehead atoms. The monoisotopic (exact) mass is 452 g/mol. The minimum atomic E-state index is -0.158. The number of carbonyl (C=O) groups excluding carboxylic acids is 1. The van der Waals surface area contributed by atoms with Gasteiger partial charge in [-0.3, -0.25) is 4.79 Å². The summed E-state index contributed by atoms with van der Waals surface area (Å²) in [5.74, 6) is 3.09. The predicted octanol–water partition coefficient (Wildman–Crippen LogP) is 4.04. The normalized spacial score (nSPS) is 19.6. The van der Waals surface area contributed by atoms with Crippen LogP contribution in [0.3, 0.4) is 0 Å². The number of amides is 1. The first-order valence-corrected chi connectivity index (χ1v) is 11.8. The number of para-hydroxylation sites is 1. The third-order valence-corrected chi connectivity index (χ3v) is 6.35. The van der Waals surface area contributed by atoms with Gasteiger partial charge in [0, 0.05) is 37.7 Å². The highest BCUT2D eigenvalue weighted by molar-refractivity contribution is 5.95. The number of carbonyl (C=O) groups is 1. The van der Waals surface area contributed by atoms with Crippen molar-refractivity contribution in [3.8, 4) is 23.0 Å². The van der Waals surface area contributed by atoms with Crippen LogP contribution < -0.4 is 24.3 Å². The lowest BCUT2D eigenvalue weighted by Crippen LogP contribution is -2.39. The van der Waals surface area contributed by atoms with Crippen molar-refractivity contribution < 1.29 is 23.7 Å². The molecule has 0 aliphatic carbocycles. The maximum absolute atomic E-state index is 11.5. The van der Waals surface area contributed by atoms with Crippen molar-refractivity contribution in [3.05, 3.63) is 42.0 Å². The van der Waals surface area contributed by atoms with Crippen molar-refractivity contribution in [2.75, 3.05) is 38.2 Å². The SMILES string of the molecule is CC1(C)Cc2cccc(OCCCN3CCC(Oc4ccc5c(c4)NC(=O)CO5)CC3)c2O1. The van der Waals surface area contributed by atoms with Gasteiger partial charge in [0.25, 0.3) is 5.91 Å². The van der Waals surface area contributed by atoms with Crippen LogP contribution in [0.15, 0.2) is 36.4 Å². The molecule has 0 unspecified atom stereocenters. The van der Waals surface area contributed by atoms with Gasteiger partial charge in [-0.25, -0.2) is 0 Å². The number of piperidine rings is 1. The summed E-state index contributed by atoms with van der Waals surface area (Å²) in [4.78, 5) is 14.0. The van der Waals surface area contributed by atoms with Crippen LogP contribution in [0.25, 0.3) is 0 Å². The molecule has 0 atom stereocenters. The van der Waals surface area contributed by atoms with Gasteiger partial charge in [-0.2, -0.15) is 0 Å². The summed E-state index contributed by atoms with van der Waals surface area (Å²) in [6, 6.07) is 11.8. The number of benzene rings is 2. The van der Waals surface area contributed by atoms with Gasteiger partial charge in [-0.05, 0) is 51.3 Å². The Kier molecular flexibility index (Phi) is 6.06. The molecule has 5 rings (SSSR count). The van der Waals surface area contributed by atoms with Crippen LogP contribution in [0.5, 0.6) is 23.0 Å². The van der Waals surface area contributed by atoms with Gasteiger partial charge >= 0.3 is 0 Å². The molecule has 3 aliphatic heterocycles. The highest BCUT2D eigenvalue weighted by Gasteiger charge is 2.32. The zero-order valence-electron chi connectivity index (χ0n) is 19.4. The Morgan fingerprint density at radius 3 is 2.88 bits per heavy atom. The number of nitrogens with zero attached hydrogens (tertiary/aromatic N) is 1. The van der Waals surface area contributed by atoms with Crippen molar-refractivity contribution in [2.45, 2.75) is 51.2 Å². The minimum Gasteiger partial charge on any atom is -0.490 e. The van der Waals surface area contributed by atoms with E-state index in [0.29, 0.717) is 18.0 Å². The maximum Gasteiger partial charge on any atom is 0.262 e. The summed E-state index contributed by atoms with van der Waals surface area (Å²) in [5.41, 5.74) is 1.75. The highest BCUT2D eigenvalue weighted by atomic mass is 16.5. The van der Waals surface area contributed by atoms with E-state index in [1.54, 1.807) is 0 Å². The summed E-state index contributed by atoms with van der Waals surface area (Å²) in [6.07, 6.45) is 4.04. The zero-order chi connectivity index (χ0) is 22.8. The van der Waals surface area contributed by atoms with Crippen LogP contribution in [0.2, 0.25) is 0 Å². The average Bonchev–Trinajstić information content (AvgIpc) is 3.12. The lowest BCUT2D eigenvalue weighted by atomic mass is 10.0. The third-order valence-electron chi connectivity index (χ3n) is 6.35. The van der Waals surface area contributed by atoms with Gasteiger partial charge < -0.3 is 29.2 Å². The summed E-state index contributed by atoms with van der Waals surface area (Å²) in [7, 11) is 0. The molecule has 0 saturated carbocycles. The molecule has 3 aliphatic rings. The molecule has 1 fully saturated rings. The van der Waals surface area contributed by atoms with E-state index in [4.69, 9.17) is 18.9 Å². The summed E-state index contributed by atoms with van der Waals surface area (Å²) >= 11 is 0. The van der Waals surface area contributed by atoms with E-state index >= 15 is 0 Å². The fourth-order valence-electron chi connectivity index (χ4n) is 4.75. The topological polar surface area (TPSA) is 69.3 Å². The van der Waals surface area contributed by atoms with Crippen molar-refractivity contribution in [1.29, 1.82) is 0 Å². The maximum atomic E-state index is 11.5. The van der Waals surface area contributed by atoms with Gasteiger partial charge in [0.2, 0.25) is 0 Å². The average molecular weight is 453 g/mol. The molecule has 0 aromatic heterocycles. The Hall–Kier alpha value is -2.93. The van der Waals surface area contributed by atoms with Crippen molar-refractivity contribution in [1.82, 2.24) is 4.90 Å². The second-order valence-corrected chi connectivity index (χ2v) is 9.64. The summed E-state index contributed by atoms with van der Waals surface area (Å²) < 4.78 is 23.7. The van der Waals surface area contributed by atoms with Crippen molar-refractivity contribution in [3.63, 3.8) is 0 Å². The van der Waals surface area contributed by atoms with Crippen molar-refractivity contribution >= 4 is 11.6 Å². The summed E-state index contributed by atoms with van der Waals surface area (Å²) in [5, 5.41) is 2.83. The number of hydrogen-bond donors (Lipinski definition) is 1. The number of likely N-dealkylation sites (tertiary alicyclic amines) is 1. The van der Waals surface area contributed by atoms with Gasteiger partial charge in [-0.1, -0.05) is 12.1 Å². The second-order valence-electron chi connectivity index (χ2n) is 9.64. The molecular weight excluding hydrogens is 420 g/mol. The highest BCUT2D eigenvalue weighted by Crippen LogP contribution is 2.41. The summed E-state index contributed by atoms with van der Waals surface area (Å²) in [6.45, 7) is 8.00. The van der Waals surface area contributed by atoms with Gasteiger partial charge in [-0.15, -0.1) is 0 Å². The van der Waals surface area contributed by atoms with E-state index in [1.165, 1.54) is 5.56 Å². The molecule has 2 aromatic rings. The molecule has 176 valence electrons. The molecule has 1 N–H and O–H groups in total. The lowest BCUT2D eigenvalue weighted by Gasteiger charge is -2.32. The molecule has 3 heterocycles. The van der Waals surface area contributed by atoms with Crippen LogP contribution in [-0.2, 0) is 11.2 Å². The van der Waals surface area contributed by atoms with E-state index in [2.05, 4.69) is 30.1 Å². The van der Waals surface area contributed by atoms with Gasteiger partial charge in [0.05, 0.1) is 12.3 Å². The van der Waals surface area contributed by atoms with E-state index in [-0.39, 0.29) is 24.2 Å². The Morgan fingerprint density at radius 2 is 2.03 bits per heavy atom. The fourth-order valence-corrected chi connectivity index (χ4v) is 4.75. The van der Waals surface area contributed by atoms with Crippen LogP contribution >= 0.6 is 0 Å². The first-order chi connectivity index (χ1) is 15.9. The quantitative estimate of drug-likeness (QED) is 0.640. The number of ether oxygens (including phenoxy) is 4. The van der Waals surface area contributed by atoms with Crippen LogP contribution in [0.1, 0.15) is 38.7 Å². The third kappa shape index (κ3) is 5.19. The van der Waals surface area contributed by atoms with Crippen LogP contribution in [-0.4, -0.2) is 55.4 Å². The number of fused-ring (bicyclic) bond motifs is 2. The van der Waals surface area contributed by atoms with Crippen molar-refractivity contribution in [2.24, 2.45) is 0 Å². The zero-order valence-corrected chi connectivity index (χ0v) is 19.4. The molecule has 7 nitrogen and oxygen atoms in total. The van der Waals surface area contributed by atoms with E-state index < -0.39 is 0 Å². The predicted molar refractivity (Wildman–Crippen MR) is 126 cm³/mol. The minimum absolute atomic E-state index is 0.0657. The number of rotatable bonds is 7. The number of anilines is 1. The Labute approximate surface area is 195 Å². The van der Waals surface area contributed by atoms with E-state index in [1.807, 2.05) is 30.3 Å². The Bertz CT molecular complexity index is 1010. The molecule has 0 spiro atoms. The fraction of sp³-hybridized carbons (Fsp3) is 0.500. The molecule has 2 aromatic carbocycles. The number of nitrogens with one attached hydrogen (secondary N) is 1. The molecule has 7 heteroatoms. The van der Waals surface area contributed by atoms with E-state index in [0.717, 1.165) is 62.6 Å². The first-order valence-electron chi connectivity index (χ1n) is 11.8. The van der Waals surface area contributed by atoms with Crippen LogP contribution in [0.4, 0.5) is 5.69 Å². The molecule has 0 radical (unpaired) electrons. The van der Waals surface area contributed by atoms with Gasteiger partial charge in [0.1, 0.15) is 23.2 Å². The van der Waals surface area contributed by atoms with Crippen LogP contribution in [0, 0.1) is 0 Å². The smallest absolute Gasteiger partial charge is 0.262 e. The Morgan fingerprint density at radius 1 is 1.18 bits per heavy atom. The molecule has 1 amide bonds.